The maximum atomic E-state index is 11.1. The van der Waals surface area contributed by atoms with E-state index in [2.05, 4.69) is 17.9 Å². The summed E-state index contributed by atoms with van der Waals surface area (Å²) < 4.78 is 0. The van der Waals surface area contributed by atoms with E-state index in [0.717, 1.165) is 0 Å². The molecule has 0 saturated heterocycles. The molecule has 0 radical (unpaired) electrons. The first-order valence-electron chi connectivity index (χ1n) is 4.36. The molecule has 0 aliphatic heterocycles. The Morgan fingerprint density at radius 1 is 1.57 bits per heavy atom. The highest BCUT2D eigenvalue weighted by molar-refractivity contribution is 7.80. The van der Waals surface area contributed by atoms with Gasteiger partial charge in [-0.3, -0.25) is 9.59 Å². The Labute approximate surface area is 88.5 Å². The van der Waals surface area contributed by atoms with Gasteiger partial charge in [0.2, 0.25) is 5.91 Å². The van der Waals surface area contributed by atoms with Crippen molar-refractivity contribution in [3.8, 4) is 0 Å². The molecule has 0 fully saturated rings. The van der Waals surface area contributed by atoms with Crippen LogP contribution in [0.1, 0.15) is 19.8 Å². The number of thiol groups is 1. The number of nitrogens with one attached hydrogen (secondary N) is 1. The van der Waals surface area contributed by atoms with Gasteiger partial charge in [0.05, 0.1) is 0 Å². The Balaban J connectivity index is 3.69. The average Bonchev–Trinajstić information content (AvgIpc) is 2.13. The predicted octanol–water partition coefficient (Wildman–Crippen LogP) is -0.387. The van der Waals surface area contributed by atoms with Gasteiger partial charge in [-0.15, -0.1) is 0 Å². The van der Waals surface area contributed by atoms with Gasteiger partial charge in [0, 0.05) is 18.2 Å². The molecule has 0 spiro atoms. The molecule has 82 valence electrons. The van der Waals surface area contributed by atoms with Crippen LogP contribution in [0.5, 0.6) is 0 Å². The normalized spacial score (nSPS) is 14.5. The van der Waals surface area contributed by atoms with Crippen LogP contribution in [0.15, 0.2) is 0 Å². The summed E-state index contributed by atoms with van der Waals surface area (Å²) in [7, 11) is 0. The number of carbonyl (C=O) groups is 2. The summed E-state index contributed by atoms with van der Waals surface area (Å²) in [6.07, 6.45) is 0.284. The molecule has 0 aromatic carbocycles. The van der Waals surface area contributed by atoms with E-state index < -0.39 is 12.0 Å². The number of hydrogen-bond acceptors (Lipinski definition) is 4. The van der Waals surface area contributed by atoms with E-state index >= 15 is 0 Å². The molecular weight excluding hydrogens is 204 g/mol. The SMILES string of the molecule is C[C@H](CS)NC(=O)CC[C@H](N)C(=O)O. The Morgan fingerprint density at radius 2 is 2.14 bits per heavy atom. The van der Waals surface area contributed by atoms with E-state index in [1.54, 1.807) is 0 Å². The van der Waals surface area contributed by atoms with Gasteiger partial charge in [-0.1, -0.05) is 0 Å². The zero-order valence-corrected chi connectivity index (χ0v) is 8.96. The largest absolute Gasteiger partial charge is 0.480 e. The quantitative estimate of drug-likeness (QED) is 0.459. The Morgan fingerprint density at radius 3 is 2.57 bits per heavy atom. The summed E-state index contributed by atoms with van der Waals surface area (Å²) in [5.74, 6) is -0.722. The van der Waals surface area contributed by atoms with Crippen LogP contribution in [-0.4, -0.2) is 34.8 Å². The number of amides is 1. The highest BCUT2D eigenvalue weighted by atomic mass is 32.1. The molecule has 0 aromatic heterocycles. The molecule has 2 atom stereocenters. The number of rotatable bonds is 6. The van der Waals surface area contributed by atoms with Crippen LogP contribution < -0.4 is 11.1 Å². The molecule has 14 heavy (non-hydrogen) atoms. The fourth-order valence-corrected chi connectivity index (χ4v) is 0.894. The first-order valence-corrected chi connectivity index (χ1v) is 4.99. The third kappa shape index (κ3) is 5.82. The lowest BCUT2D eigenvalue weighted by atomic mass is 10.1. The lowest BCUT2D eigenvalue weighted by Crippen LogP contribution is -2.36. The zero-order valence-electron chi connectivity index (χ0n) is 8.06. The fourth-order valence-electron chi connectivity index (χ4n) is 0.803. The van der Waals surface area contributed by atoms with Crippen LogP contribution in [0, 0.1) is 0 Å². The average molecular weight is 220 g/mol. The highest BCUT2D eigenvalue weighted by Crippen LogP contribution is 1.96. The maximum Gasteiger partial charge on any atom is 0.320 e. The van der Waals surface area contributed by atoms with Crippen molar-refractivity contribution in [1.82, 2.24) is 5.32 Å². The molecule has 0 aliphatic rings. The summed E-state index contributed by atoms with van der Waals surface area (Å²) >= 11 is 4.00. The first-order chi connectivity index (χ1) is 6.47. The molecule has 1 amide bonds. The Bertz CT molecular complexity index is 211. The molecule has 0 unspecified atom stereocenters. The fraction of sp³-hybridized carbons (Fsp3) is 0.750. The summed E-state index contributed by atoms with van der Waals surface area (Å²) in [6, 6.07) is -0.973. The van der Waals surface area contributed by atoms with Gasteiger partial charge in [-0.2, -0.15) is 12.6 Å². The molecule has 0 rings (SSSR count). The smallest absolute Gasteiger partial charge is 0.320 e. The van der Waals surface area contributed by atoms with Gasteiger partial charge >= 0.3 is 5.97 Å². The van der Waals surface area contributed by atoms with Crippen LogP contribution >= 0.6 is 12.6 Å². The second kappa shape index (κ2) is 6.67. The standard InChI is InChI=1S/C8H16N2O3S/c1-5(4-14)10-7(11)3-2-6(9)8(12)13/h5-6,14H,2-4,9H2,1H3,(H,10,11)(H,12,13)/t5-,6+/m1/s1. The maximum absolute atomic E-state index is 11.1. The van der Waals surface area contributed by atoms with Gasteiger partial charge in [0.25, 0.3) is 0 Å². The molecule has 0 aromatic rings. The Kier molecular flexibility index (Phi) is 6.31. The number of carboxylic acids is 1. The minimum absolute atomic E-state index is 0.00751. The summed E-state index contributed by atoms with van der Waals surface area (Å²) in [5, 5.41) is 11.1. The first kappa shape index (κ1) is 13.2. The molecule has 5 nitrogen and oxygen atoms in total. The topological polar surface area (TPSA) is 92.4 Å². The molecule has 0 saturated carbocycles. The number of nitrogens with two attached hydrogens (primary N) is 1. The Hall–Kier alpha value is -0.750. The second-order valence-electron chi connectivity index (χ2n) is 3.13. The molecule has 4 N–H and O–H groups in total. The van der Waals surface area contributed by atoms with Crippen molar-refractivity contribution in [2.45, 2.75) is 31.8 Å². The van der Waals surface area contributed by atoms with Gasteiger partial charge < -0.3 is 16.2 Å². The monoisotopic (exact) mass is 220 g/mol. The summed E-state index contributed by atoms with van der Waals surface area (Å²) in [6.45, 7) is 1.82. The van der Waals surface area contributed by atoms with Crippen molar-refractivity contribution in [1.29, 1.82) is 0 Å². The van der Waals surface area contributed by atoms with Gasteiger partial charge in [-0.05, 0) is 13.3 Å². The third-order valence-electron chi connectivity index (χ3n) is 1.68. The molecule has 0 bridgehead atoms. The van der Waals surface area contributed by atoms with Crippen molar-refractivity contribution in [3.05, 3.63) is 0 Å². The van der Waals surface area contributed by atoms with Gasteiger partial charge in [-0.25, -0.2) is 0 Å². The third-order valence-corrected chi connectivity index (χ3v) is 2.23. The molecule has 0 heterocycles. The summed E-state index contributed by atoms with van der Waals surface area (Å²) in [4.78, 5) is 21.5. The molecule has 6 heteroatoms. The number of aliphatic carboxylic acids is 1. The van der Waals surface area contributed by atoms with E-state index in [4.69, 9.17) is 10.8 Å². The lowest BCUT2D eigenvalue weighted by Gasteiger charge is -2.11. The number of carbonyl (C=O) groups excluding carboxylic acids is 1. The van der Waals surface area contributed by atoms with E-state index in [-0.39, 0.29) is 24.8 Å². The molecular formula is C8H16N2O3S. The van der Waals surface area contributed by atoms with Crippen molar-refractivity contribution >= 4 is 24.5 Å². The predicted molar refractivity (Wildman–Crippen MR) is 56.3 cm³/mol. The van der Waals surface area contributed by atoms with E-state index in [0.29, 0.717) is 5.75 Å². The van der Waals surface area contributed by atoms with Crippen LogP contribution in [0.4, 0.5) is 0 Å². The minimum atomic E-state index is -1.08. The number of hydrogen-bond donors (Lipinski definition) is 4. The van der Waals surface area contributed by atoms with Crippen LogP contribution in [-0.2, 0) is 9.59 Å². The molecule has 0 aliphatic carbocycles. The second-order valence-corrected chi connectivity index (χ2v) is 3.50. The summed E-state index contributed by atoms with van der Waals surface area (Å²) in [5.41, 5.74) is 5.23. The van der Waals surface area contributed by atoms with Crippen LogP contribution in [0.2, 0.25) is 0 Å². The van der Waals surface area contributed by atoms with Gasteiger partial charge in [0.1, 0.15) is 6.04 Å². The lowest BCUT2D eigenvalue weighted by molar-refractivity contribution is -0.138. The minimum Gasteiger partial charge on any atom is -0.480 e. The van der Waals surface area contributed by atoms with Crippen molar-refractivity contribution in [2.24, 2.45) is 5.73 Å². The zero-order chi connectivity index (χ0) is 11.1. The van der Waals surface area contributed by atoms with E-state index in [9.17, 15) is 9.59 Å². The van der Waals surface area contributed by atoms with Crippen molar-refractivity contribution in [2.75, 3.05) is 5.75 Å². The van der Waals surface area contributed by atoms with Crippen LogP contribution in [0.25, 0.3) is 0 Å². The van der Waals surface area contributed by atoms with Crippen LogP contribution in [0.3, 0.4) is 0 Å². The van der Waals surface area contributed by atoms with E-state index in [1.807, 2.05) is 6.92 Å². The van der Waals surface area contributed by atoms with E-state index in [1.165, 1.54) is 0 Å². The number of carboxylic acid groups (broad SMARTS) is 1. The van der Waals surface area contributed by atoms with Crippen molar-refractivity contribution < 1.29 is 14.7 Å². The highest BCUT2D eigenvalue weighted by Gasteiger charge is 2.13. The van der Waals surface area contributed by atoms with Gasteiger partial charge in [0.15, 0.2) is 0 Å². The van der Waals surface area contributed by atoms with Crippen molar-refractivity contribution in [3.63, 3.8) is 0 Å².